The molecule has 0 bridgehead atoms. The molecule has 1 heterocycles. The first-order chi connectivity index (χ1) is 12.2. The number of H-pyrrole nitrogens is 1. The van der Waals surface area contributed by atoms with Crippen LogP contribution in [-0.2, 0) is 10.0 Å². The fourth-order valence-corrected chi connectivity index (χ4v) is 3.73. The van der Waals surface area contributed by atoms with E-state index < -0.39 is 33.2 Å². The van der Waals surface area contributed by atoms with Crippen molar-refractivity contribution in [2.75, 3.05) is 4.72 Å². The van der Waals surface area contributed by atoms with Gasteiger partial charge in [-0.05, 0) is 46.3 Å². The smallest absolute Gasteiger partial charge is 0.263 e. The predicted octanol–water partition coefficient (Wildman–Crippen LogP) is 5.32. The van der Waals surface area contributed by atoms with E-state index in [4.69, 9.17) is 11.6 Å². The Morgan fingerprint density at radius 2 is 1.73 bits per heavy atom. The number of hydrogen-bond acceptors (Lipinski definition) is 2. The van der Waals surface area contributed by atoms with Crippen molar-refractivity contribution in [3.8, 4) is 11.3 Å². The van der Waals surface area contributed by atoms with Crippen molar-refractivity contribution in [2.45, 2.75) is 4.90 Å². The first kappa shape index (κ1) is 18.8. The van der Waals surface area contributed by atoms with E-state index in [0.29, 0.717) is 6.07 Å². The van der Waals surface area contributed by atoms with Crippen molar-refractivity contribution >= 4 is 43.2 Å². The lowest BCUT2D eigenvalue weighted by Crippen LogP contribution is -2.13. The first-order valence-electron chi connectivity index (χ1n) is 6.98. The van der Waals surface area contributed by atoms with Crippen molar-refractivity contribution in [1.82, 2.24) is 4.98 Å². The van der Waals surface area contributed by atoms with E-state index >= 15 is 0 Å². The van der Waals surface area contributed by atoms with Gasteiger partial charge in [0.2, 0.25) is 0 Å². The Morgan fingerprint density at radius 1 is 1.00 bits per heavy atom. The van der Waals surface area contributed by atoms with Gasteiger partial charge in [0.15, 0.2) is 0 Å². The normalized spacial score (nSPS) is 11.6. The number of benzene rings is 2. The molecule has 10 heteroatoms. The summed E-state index contributed by atoms with van der Waals surface area (Å²) in [5.41, 5.74) is -0.324. The molecule has 0 spiro atoms. The van der Waals surface area contributed by atoms with Crippen LogP contribution in [0.4, 0.5) is 18.9 Å². The summed E-state index contributed by atoms with van der Waals surface area (Å²) in [6, 6.07) is 6.50. The molecule has 1 aromatic heterocycles. The topological polar surface area (TPSA) is 62.0 Å². The summed E-state index contributed by atoms with van der Waals surface area (Å²) in [6.07, 6.45) is 1.10. The van der Waals surface area contributed by atoms with Crippen LogP contribution in [-0.4, -0.2) is 13.4 Å². The Bertz CT molecular complexity index is 1100. The van der Waals surface area contributed by atoms with Gasteiger partial charge in [0, 0.05) is 28.5 Å². The quantitative estimate of drug-likeness (QED) is 0.513. The molecular weight excluding hydrogens is 457 g/mol. The lowest BCUT2D eigenvalue weighted by molar-refractivity contribution is 0.592. The molecule has 0 saturated heterocycles. The molecule has 0 fully saturated rings. The number of rotatable bonds is 4. The summed E-state index contributed by atoms with van der Waals surface area (Å²) >= 11 is 8.63. The monoisotopic (exact) mass is 464 g/mol. The van der Waals surface area contributed by atoms with Crippen LogP contribution >= 0.6 is 27.5 Å². The molecule has 0 amide bonds. The van der Waals surface area contributed by atoms with Gasteiger partial charge in [0.1, 0.15) is 22.3 Å². The first-order valence-corrected chi connectivity index (χ1v) is 9.64. The van der Waals surface area contributed by atoms with Gasteiger partial charge >= 0.3 is 0 Å². The molecule has 4 nitrogen and oxygen atoms in total. The van der Waals surface area contributed by atoms with Gasteiger partial charge in [-0.2, -0.15) is 0 Å². The fraction of sp³-hybridized carbons (Fsp3) is 0. The van der Waals surface area contributed by atoms with E-state index in [1.54, 1.807) is 0 Å². The zero-order chi connectivity index (χ0) is 19.1. The number of halogens is 5. The molecule has 2 aromatic carbocycles. The third kappa shape index (κ3) is 3.74. The van der Waals surface area contributed by atoms with Gasteiger partial charge in [0.25, 0.3) is 10.0 Å². The Kier molecular flexibility index (Phi) is 5.05. The summed E-state index contributed by atoms with van der Waals surface area (Å²) in [7, 11) is -4.23. The van der Waals surface area contributed by atoms with Crippen LogP contribution in [0.1, 0.15) is 0 Å². The molecule has 0 radical (unpaired) electrons. The van der Waals surface area contributed by atoms with Crippen LogP contribution in [0.2, 0.25) is 5.02 Å². The molecule has 0 atom stereocenters. The summed E-state index contributed by atoms with van der Waals surface area (Å²) < 4.78 is 67.9. The number of aromatic nitrogens is 1. The summed E-state index contributed by atoms with van der Waals surface area (Å²) in [4.78, 5) is 2.34. The van der Waals surface area contributed by atoms with Gasteiger partial charge < -0.3 is 4.98 Å². The Morgan fingerprint density at radius 3 is 2.46 bits per heavy atom. The van der Waals surface area contributed by atoms with Crippen LogP contribution in [0.25, 0.3) is 11.3 Å². The van der Waals surface area contributed by atoms with E-state index in [2.05, 4.69) is 20.9 Å². The highest BCUT2D eigenvalue weighted by Gasteiger charge is 2.20. The molecule has 0 saturated carbocycles. The molecule has 2 N–H and O–H groups in total. The van der Waals surface area contributed by atoms with Crippen LogP contribution in [0.15, 0.2) is 52.0 Å². The Labute approximate surface area is 160 Å². The minimum absolute atomic E-state index is 0.0693. The lowest BCUT2D eigenvalue weighted by atomic mass is 10.1. The zero-order valence-corrected chi connectivity index (χ0v) is 15.8. The average Bonchev–Trinajstić information content (AvgIpc) is 3.05. The number of anilines is 1. The maximum atomic E-state index is 13.9. The van der Waals surface area contributed by atoms with Crippen molar-refractivity contribution < 1.29 is 21.6 Å². The zero-order valence-electron chi connectivity index (χ0n) is 12.7. The largest absolute Gasteiger partial charge is 0.360 e. The van der Waals surface area contributed by atoms with E-state index in [1.165, 1.54) is 12.1 Å². The number of aromatic amines is 1. The maximum absolute atomic E-state index is 13.9. The van der Waals surface area contributed by atoms with E-state index in [-0.39, 0.29) is 25.6 Å². The van der Waals surface area contributed by atoms with E-state index in [1.807, 2.05) is 4.72 Å². The maximum Gasteiger partial charge on any atom is 0.263 e. The number of hydrogen-bond donors (Lipinski definition) is 2. The van der Waals surface area contributed by atoms with Crippen LogP contribution < -0.4 is 4.72 Å². The molecule has 3 aromatic rings. The van der Waals surface area contributed by atoms with E-state index in [9.17, 15) is 21.6 Å². The van der Waals surface area contributed by atoms with Crippen LogP contribution in [0.3, 0.4) is 0 Å². The molecule has 0 unspecified atom stereocenters. The van der Waals surface area contributed by atoms with Gasteiger partial charge in [-0.3, -0.25) is 4.72 Å². The highest BCUT2D eigenvalue weighted by Crippen LogP contribution is 2.29. The molecule has 26 heavy (non-hydrogen) atoms. The Hall–Kier alpha value is -1.97. The standard InChI is InChI=1S/C16H9BrClF3N2O2S/c17-11-5-14(21)16(6-13(11)20)23-26(24,25)9-4-15(22-7-9)10-3-8(18)1-2-12(10)19/h1-7,22-23H. The minimum Gasteiger partial charge on any atom is -0.360 e. The summed E-state index contributed by atoms with van der Waals surface area (Å²) in [5.74, 6) is -2.40. The highest BCUT2D eigenvalue weighted by atomic mass is 79.9. The van der Waals surface area contributed by atoms with Crippen LogP contribution in [0.5, 0.6) is 0 Å². The highest BCUT2D eigenvalue weighted by molar-refractivity contribution is 9.10. The van der Waals surface area contributed by atoms with E-state index in [0.717, 1.165) is 24.4 Å². The van der Waals surface area contributed by atoms with Gasteiger partial charge in [0.05, 0.1) is 10.2 Å². The second-order valence-corrected chi connectivity index (χ2v) is 8.20. The van der Waals surface area contributed by atoms with Crippen LogP contribution in [0, 0.1) is 17.5 Å². The predicted molar refractivity (Wildman–Crippen MR) is 96.1 cm³/mol. The SMILES string of the molecule is O=S(=O)(Nc1cc(F)c(Br)cc1F)c1c[nH]c(-c2cc(Cl)ccc2F)c1. The molecule has 0 aliphatic carbocycles. The van der Waals surface area contributed by atoms with Crippen molar-refractivity contribution in [3.63, 3.8) is 0 Å². The Balaban J connectivity index is 1.95. The summed E-state index contributed by atoms with van der Waals surface area (Å²) in [6.45, 7) is 0. The number of sulfonamides is 1. The summed E-state index contributed by atoms with van der Waals surface area (Å²) in [5, 5.41) is 0.269. The second-order valence-electron chi connectivity index (χ2n) is 5.22. The third-order valence-corrected chi connectivity index (χ3v) is 5.63. The number of nitrogens with one attached hydrogen (secondary N) is 2. The van der Waals surface area contributed by atoms with Gasteiger partial charge in [-0.25, -0.2) is 21.6 Å². The van der Waals surface area contributed by atoms with Crippen molar-refractivity contribution in [3.05, 3.63) is 69.5 Å². The molecule has 136 valence electrons. The fourth-order valence-electron chi connectivity index (χ4n) is 2.19. The van der Waals surface area contributed by atoms with Crippen molar-refractivity contribution in [1.29, 1.82) is 0 Å². The minimum atomic E-state index is -4.23. The molecular formula is C16H9BrClF3N2O2S. The average molecular weight is 466 g/mol. The third-order valence-electron chi connectivity index (χ3n) is 3.44. The van der Waals surface area contributed by atoms with Gasteiger partial charge in [-0.1, -0.05) is 11.6 Å². The lowest BCUT2D eigenvalue weighted by Gasteiger charge is -2.08. The molecule has 0 aliphatic rings. The molecule has 3 rings (SSSR count). The van der Waals surface area contributed by atoms with Crippen molar-refractivity contribution in [2.24, 2.45) is 0 Å². The molecule has 0 aliphatic heterocycles. The van der Waals surface area contributed by atoms with Gasteiger partial charge in [-0.15, -0.1) is 0 Å². The second kappa shape index (κ2) is 6.98.